The Morgan fingerprint density at radius 1 is 0.969 bits per heavy atom. The third-order valence-electron chi connectivity index (χ3n) is 4.60. The summed E-state index contributed by atoms with van der Waals surface area (Å²) in [6.07, 6.45) is 0.697. The second kappa shape index (κ2) is 11.2. The van der Waals surface area contributed by atoms with Crippen molar-refractivity contribution in [1.29, 1.82) is 0 Å². The summed E-state index contributed by atoms with van der Waals surface area (Å²) in [5.74, 6) is 0.107. The van der Waals surface area contributed by atoms with Crippen molar-refractivity contribution >= 4 is 33.4 Å². The maximum Gasteiger partial charge on any atom is 0.262 e. The predicted octanol–water partition coefficient (Wildman–Crippen LogP) is 4.93. The lowest BCUT2D eigenvalue weighted by molar-refractivity contribution is -0.118. The van der Waals surface area contributed by atoms with E-state index in [-0.39, 0.29) is 23.5 Å². The highest BCUT2D eigenvalue weighted by Crippen LogP contribution is 2.33. The van der Waals surface area contributed by atoms with Crippen LogP contribution in [0.4, 0.5) is 5.69 Å². The first-order chi connectivity index (χ1) is 15.4. The zero-order valence-electron chi connectivity index (χ0n) is 17.9. The molecule has 0 aliphatic carbocycles. The number of hydrogen-bond acceptors (Lipinski definition) is 5. The van der Waals surface area contributed by atoms with E-state index in [1.54, 1.807) is 11.8 Å². The molecule has 0 unspecified atom stereocenters. The summed E-state index contributed by atoms with van der Waals surface area (Å²) >= 11 is 1.56. The molecule has 0 saturated carbocycles. The topological polar surface area (TPSA) is 84.5 Å². The normalized spacial score (nSPS) is 12.2. The van der Waals surface area contributed by atoms with Crippen LogP contribution in [0.5, 0.6) is 5.75 Å². The van der Waals surface area contributed by atoms with E-state index in [1.807, 2.05) is 68.4 Å². The molecular weight excluding hydrogens is 444 g/mol. The Morgan fingerprint density at radius 3 is 2.31 bits per heavy atom. The molecule has 0 spiro atoms. The number of rotatable bonds is 10. The number of carbonyl (C=O) groups is 1. The smallest absolute Gasteiger partial charge is 0.262 e. The van der Waals surface area contributed by atoms with E-state index in [1.165, 1.54) is 24.3 Å². The molecule has 0 heterocycles. The highest BCUT2D eigenvalue weighted by molar-refractivity contribution is 7.99. The van der Waals surface area contributed by atoms with Crippen molar-refractivity contribution in [1.82, 2.24) is 4.72 Å². The summed E-state index contributed by atoms with van der Waals surface area (Å²) in [4.78, 5) is 14.6. The first-order valence-corrected chi connectivity index (χ1v) is 12.5. The maximum absolute atomic E-state index is 12.4. The Kier molecular flexibility index (Phi) is 8.33. The van der Waals surface area contributed by atoms with Crippen LogP contribution in [0, 0.1) is 0 Å². The largest absolute Gasteiger partial charge is 0.484 e. The molecule has 32 heavy (non-hydrogen) atoms. The van der Waals surface area contributed by atoms with Gasteiger partial charge in [0, 0.05) is 15.8 Å². The van der Waals surface area contributed by atoms with E-state index in [2.05, 4.69) is 10.0 Å². The van der Waals surface area contributed by atoms with Gasteiger partial charge in [-0.05, 0) is 61.9 Å². The van der Waals surface area contributed by atoms with Crippen molar-refractivity contribution in [3.8, 4) is 5.75 Å². The number of benzene rings is 3. The first kappa shape index (κ1) is 23.8. The van der Waals surface area contributed by atoms with Gasteiger partial charge >= 0.3 is 0 Å². The number of amides is 1. The molecule has 0 saturated heterocycles. The lowest BCUT2D eigenvalue weighted by atomic mass is 10.3. The zero-order chi connectivity index (χ0) is 23.0. The molecule has 1 amide bonds. The lowest BCUT2D eigenvalue weighted by Gasteiger charge is -2.13. The summed E-state index contributed by atoms with van der Waals surface area (Å²) in [5, 5.41) is 2.87. The predicted molar refractivity (Wildman–Crippen MR) is 128 cm³/mol. The number of para-hydroxylation sites is 1. The molecule has 0 bridgehead atoms. The third kappa shape index (κ3) is 6.85. The Morgan fingerprint density at radius 2 is 1.62 bits per heavy atom. The summed E-state index contributed by atoms with van der Waals surface area (Å²) in [5.41, 5.74) is 0.701. The van der Waals surface area contributed by atoms with Crippen molar-refractivity contribution < 1.29 is 17.9 Å². The monoisotopic (exact) mass is 470 g/mol. The fourth-order valence-corrected chi connectivity index (χ4v) is 4.99. The number of carbonyl (C=O) groups excluding carboxylic acids is 1. The lowest BCUT2D eigenvalue weighted by Crippen LogP contribution is -2.31. The fraction of sp³-hybridized carbons (Fsp3) is 0.208. The molecule has 0 aliphatic heterocycles. The number of anilines is 1. The molecule has 0 fully saturated rings. The molecule has 2 N–H and O–H groups in total. The van der Waals surface area contributed by atoms with E-state index in [0.717, 1.165) is 9.79 Å². The van der Waals surface area contributed by atoms with Crippen molar-refractivity contribution in [3.05, 3.63) is 78.9 Å². The molecule has 168 valence electrons. The molecule has 0 aliphatic rings. The number of nitrogens with one attached hydrogen (secondary N) is 2. The molecule has 6 nitrogen and oxygen atoms in total. The van der Waals surface area contributed by atoms with Crippen LogP contribution in [0.3, 0.4) is 0 Å². The third-order valence-corrected chi connectivity index (χ3v) is 7.29. The van der Waals surface area contributed by atoms with E-state index in [4.69, 9.17) is 4.74 Å². The molecule has 3 rings (SSSR count). The molecule has 1 atom stereocenters. The van der Waals surface area contributed by atoms with Crippen LogP contribution in [0.1, 0.15) is 20.3 Å². The molecular formula is C24H26N2O4S2. The van der Waals surface area contributed by atoms with Crippen LogP contribution in [0.2, 0.25) is 0 Å². The average molecular weight is 471 g/mol. The van der Waals surface area contributed by atoms with Gasteiger partial charge in [0.05, 0.1) is 10.6 Å². The molecule has 0 aromatic heterocycles. The van der Waals surface area contributed by atoms with Crippen LogP contribution in [0.25, 0.3) is 0 Å². The summed E-state index contributed by atoms with van der Waals surface area (Å²) in [6, 6.07) is 23.3. The van der Waals surface area contributed by atoms with Crippen LogP contribution in [-0.2, 0) is 14.8 Å². The van der Waals surface area contributed by atoms with Gasteiger partial charge in [0.25, 0.3) is 5.91 Å². The fourth-order valence-electron chi connectivity index (χ4n) is 2.74. The van der Waals surface area contributed by atoms with Crippen LogP contribution < -0.4 is 14.8 Å². The van der Waals surface area contributed by atoms with Crippen molar-refractivity contribution in [3.63, 3.8) is 0 Å². The van der Waals surface area contributed by atoms with E-state index >= 15 is 0 Å². The van der Waals surface area contributed by atoms with Gasteiger partial charge in [-0.2, -0.15) is 0 Å². The van der Waals surface area contributed by atoms with Gasteiger partial charge in [-0.3, -0.25) is 4.79 Å². The molecule has 8 heteroatoms. The average Bonchev–Trinajstić information content (AvgIpc) is 2.79. The van der Waals surface area contributed by atoms with Gasteiger partial charge in [0.2, 0.25) is 10.0 Å². The first-order valence-electron chi connectivity index (χ1n) is 10.2. The van der Waals surface area contributed by atoms with Crippen LogP contribution in [0.15, 0.2) is 93.5 Å². The van der Waals surface area contributed by atoms with Gasteiger partial charge < -0.3 is 10.1 Å². The van der Waals surface area contributed by atoms with Crippen molar-refractivity contribution in [2.45, 2.75) is 41.0 Å². The van der Waals surface area contributed by atoms with E-state index in [9.17, 15) is 13.2 Å². The number of ether oxygens (including phenoxy) is 1. The molecule has 3 aromatic carbocycles. The Hall–Kier alpha value is -2.81. The van der Waals surface area contributed by atoms with Gasteiger partial charge in [0.1, 0.15) is 5.75 Å². The highest BCUT2D eigenvalue weighted by Gasteiger charge is 2.16. The van der Waals surface area contributed by atoms with Gasteiger partial charge in [-0.1, -0.05) is 49.0 Å². The zero-order valence-corrected chi connectivity index (χ0v) is 19.6. The summed E-state index contributed by atoms with van der Waals surface area (Å²) in [6.45, 7) is 3.53. The minimum absolute atomic E-state index is 0.150. The number of sulfonamides is 1. The maximum atomic E-state index is 12.4. The van der Waals surface area contributed by atoms with E-state index < -0.39 is 10.0 Å². The van der Waals surface area contributed by atoms with Gasteiger partial charge in [-0.25, -0.2) is 13.1 Å². The Labute approximate surface area is 193 Å². The quantitative estimate of drug-likeness (QED) is 0.439. The van der Waals surface area contributed by atoms with Gasteiger partial charge in [-0.15, -0.1) is 0 Å². The summed E-state index contributed by atoms with van der Waals surface area (Å²) in [7, 11) is -3.58. The van der Waals surface area contributed by atoms with Crippen LogP contribution >= 0.6 is 11.8 Å². The second-order valence-electron chi connectivity index (χ2n) is 7.15. The SMILES string of the molecule is CC[C@@H](C)NS(=O)(=O)c1ccc(OCC(=O)Nc2ccccc2Sc2ccccc2)cc1. The van der Waals surface area contributed by atoms with Crippen molar-refractivity contribution in [2.75, 3.05) is 11.9 Å². The van der Waals surface area contributed by atoms with Crippen LogP contribution in [-0.4, -0.2) is 27.0 Å². The standard InChI is InChI=1S/C24H26N2O4S2/c1-3-18(2)26-32(28,29)21-15-13-19(14-16-21)30-17-24(27)25-22-11-7-8-12-23(22)31-20-9-5-4-6-10-20/h4-16,18,26H,3,17H2,1-2H3,(H,25,27)/t18-/m1/s1. The van der Waals surface area contributed by atoms with E-state index in [0.29, 0.717) is 17.9 Å². The summed E-state index contributed by atoms with van der Waals surface area (Å²) < 4.78 is 32.8. The molecule has 0 radical (unpaired) electrons. The second-order valence-corrected chi connectivity index (χ2v) is 9.98. The Bertz CT molecular complexity index is 1130. The van der Waals surface area contributed by atoms with Crippen molar-refractivity contribution in [2.24, 2.45) is 0 Å². The Balaban J connectivity index is 1.58. The minimum atomic E-state index is -3.58. The number of hydrogen-bond donors (Lipinski definition) is 2. The molecule has 3 aromatic rings. The van der Waals surface area contributed by atoms with Gasteiger partial charge in [0.15, 0.2) is 6.61 Å². The minimum Gasteiger partial charge on any atom is -0.484 e. The highest BCUT2D eigenvalue weighted by atomic mass is 32.2.